The molecule has 20 heavy (non-hydrogen) atoms. The lowest BCUT2D eigenvalue weighted by atomic mass is 10.3. The molecule has 0 aliphatic rings. The highest BCUT2D eigenvalue weighted by Crippen LogP contribution is 2.33. The summed E-state index contributed by atoms with van der Waals surface area (Å²) < 4.78 is 0. The number of thiophene rings is 1. The molecule has 0 spiro atoms. The number of aromatic nitrogens is 2. The van der Waals surface area contributed by atoms with Gasteiger partial charge in [0, 0.05) is 9.90 Å². The van der Waals surface area contributed by atoms with Gasteiger partial charge in [0.1, 0.15) is 10.6 Å². The minimum Gasteiger partial charge on any atom is -0.368 e. The second-order valence-corrected chi connectivity index (χ2v) is 6.33. The van der Waals surface area contributed by atoms with E-state index in [9.17, 15) is 0 Å². The zero-order valence-corrected chi connectivity index (χ0v) is 12.8. The molecule has 0 radical (unpaired) electrons. The highest BCUT2D eigenvalue weighted by molar-refractivity contribution is 7.18. The number of benzene rings is 1. The van der Waals surface area contributed by atoms with Crippen molar-refractivity contribution in [3.8, 4) is 0 Å². The van der Waals surface area contributed by atoms with Gasteiger partial charge in [0.15, 0.2) is 0 Å². The van der Waals surface area contributed by atoms with Gasteiger partial charge in [-0.1, -0.05) is 23.2 Å². The zero-order valence-electron chi connectivity index (χ0n) is 10.4. The number of anilines is 3. The molecule has 0 saturated carbocycles. The molecule has 102 valence electrons. The van der Waals surface area contributed by atoms with Crippen LogP contribution in [0.5, 0.6) is 0 Å². The van der Waals surface area contributed by atoms with Crippen LogP contribution in [0.15, 0.2) is 24.3 Å². The van der Waals surface area contributed by atoms with E-state index in [-0.39, 0.29) is 5.95 Å². The molecule has 7 heteroatoms. The molecule has 0 atom stereocenters. The number of nitrogens with two attached hydrogens (primary N) is 1. The van der Waals surface area contributed by atoms with Crippen LogP contribution in [0, 0.1) is 6.92 Å². The fraction of sp³-hybridized carbons (Fsp3) is 0.0769. The summed E-state index contributed by atoms with van der Waals surface area (Å²) in [6.45, 7) is 2.02. The van der Waals surface area contributed by atoms with Crippen molar-refractivity contribution in [2.45, 2.75) is 6.92 Å². The summed E-state index contributed by atoms with van der Waals surface area (Å²) in [7, 11) is 0. The predicted octanol–water partition coefficient (Wildman–Crippen LogP) is 4.63. The van der Waals surface area contributed by atoms with E-state index in [2.05, 4.69) is 15.3 Å². The van der Waals surface area contributed by atoms with E-state index in [4.69, 9.17) is 28.9 Å². The van der Waals surface area contributed by atoms with Crippen molar-refractivity contribution in [2.75, 3.05) is 11.1 Å². The minimum atomic E-state index is 0.229. The van der Waals surface area contributed by atoms with Gasteiger partial charge in [-0.25, -0.2) is 4.98 Å². The number of halogens is 2. The first-order valence-electron chi connectivity index (χ1n) is 5.78. The third-order valence-corrected chi connectivity index (χ3v) is 4.21. The van der Waals surface area contributed by atoms with Crippen molar-refractivity contribution in [2.24, 2.45) is 0 Å². The molecule has 0 aliphatic carbocycles. The standard InChI is InChI=1S/C13H10Cl2N4S/c1-6-4-8-11(18-13(16)19-12(8)20-6)17-10-3-2-7(14)5-9(10)15/h2-5H,1H3,(H3,16,17,18,19). The van der Waals surface area contributed by atoms with E-state index in [0.29, 0.717) is 15.9 Å². The molecule has 2 aromatic heterocycles. The maximum atomic E-state index is 6.16. The van der Waals surface area contributed by atoms with E-state index in [1.165, 1.54) is 0 Å². The van der Waals surface area contributed by atoms with E-state index in [1.54, 1.807) is 29.5 Å². The molecule has 3 aromatic rings. The highest BCUT2D eigenvalue weighted by atomic mass is 35.5. The van der Waals surface area contributed by atoms with Crippen LogP contribution < -0.4 is 11.1 Å². The Hall–Kier alpha value is -1.56. The molecule has 0 aliphatic heterocycles. The summed E-state index contributed by atoms with van der Waals surface area (Å²) in [5, 5.41) is 5.21. The molecule has 1 aromatic carbocycles. The third-order valence-electron chi connectivity index (χ3n) is 2.72. The Morgan fingerprint density at radius 1 is 1.20 bits per heavy atom. The Labute approximate surface area is 129 Å². The van der Waals surface area contributed by atoms with Gasteiger partial charge in [-0.15, -0.1) is 11.3 Å². The maximum absolute atomic E-state index is 6.16. The predicted molar refractivity (Wildman–Crippen MR) is 86.3 cm³/mol. The second kappa shape index (κ2) is 5.09. The summed E-state index contributed by atoms with van der Waals surface area (Å²) in [5.41, 5.74) is 6.46. The molecule has 0 fully saturated rings. The topological polar surface area (TPSA) is 63.8 Å². The van der Waals surface area contributed by atoms with Crippen LogP contribution in [0.25, 0.3) is 10.2 Å². The molecule has 2 heterocycles. The molecule has 3 rings (SSSR count). The number of nitrogen functional groups attached to an aromatic ring is 1. The first kappa shape index (κ1) is 13.4. The Morgan fingerprint density at radius 3 is 2.75 bits per heavy atom. The number of aryl methyl sites for hydroxylation is 1. The molecule has 0 bridgehead atoms. The Bertz CT molecular complexity index is 800. The Morgan fingerprint density at radius 2 is 2.00 bits per heavy atom. The number of nitrogens with zero attached hydrogens (tertiary/aromatic N) is 2. The van der Waals surface area contributed by atoms with Crippen LogP contribution >= 0.6 is 34.5 Å². The quantitative estimate of drug-likeness (QED) is 0.721. The largest absolute Gasteiger partial charge is 0.368 e. The summed E-state index contributed by atoms with van der Waals surface area (Å²) >= 11 is 13.6. The van der Waals surface area contributed by atoms with Gasteiger partial charge in [0.2, 0.25) is 5.95 Å². The van der Waals surface area contributed by atoms with Gasteiger partial charge >= 0.3 is 0 Å². The first-order chi connectivity index (χ1) is 9.52. The van der Waals surface area contributed by atoms with Crippen LogP contribution in [-0.4, -0.2) is 9.97 Å². The Kier molecular flexibility index (Phi) is 3.41. The summed E-state index contributed by atoms with van der Waals surface area (Å²) in [5.74, 6) is 0.869. The molecule has 0 saturated heterocycles. The van der Waals surface area contributed by atoms with Gasteiger partial charge in [-0.2, -0.15) is 4.98 Å². The SMILES string of the molecule is Cc1cc2c(Nc3ccc(Cl)cc3Cl)nc(N)nc2s1. The van der Waals surface area contributed by atoms with E-state index in [0.717, 1.165) is 20.8 Å². The maximum Gasteiger partial charge on any atom is 0.223 e. The number of rotatable bonds is 2. The van der Waals surface area contributed by atoms with Gasteiger partial charge in [0.25, 0.3) is 0 Å². The second-order valence-electron chi connectivity index (χ2n) is 4.26. The van der Waals surface area contributed by atoms with Gasteiger partial charge in [-0.05, 0) is 31.2 Å². The molecule has 4 nitrogen and oxygen atoms in total. The number of hydrogen-bond acceptors (Lipinski definition) is 5. The fourth-order valence-corrected chi connectivity index (χ4v) is 3.21. The average Bonchev–Trinajstić information content (AvgIpc) is 2.73. The summed E-state index contributed by atoms with van der Waals surface area (Å²) in [6, 6.07) is 7.25. The summed E-state index contributed by atoms with van der Waals surface area (Å²) in [6.07, 6.45) is 0. The van der Waals surface area contributed by atoms with Crippen LogP contribution in [-0.2, 0) is 0 Å². The van der Waals surface area contributed by atoms with Gasteiger partial charge < -0.3 is 11.1 Å². The van der Waals surface area contributed by atoms with Crippen molar-refractivity contribution >= 4 is 62.2 Å². The smallest absolute Gasteiger partial charge is 0.223 e. The van der Waals surface area contributed by atoms with Crippen LogP contribution in [0.2, 0.25) is 10.0 Å². The van der Waals surface area contributed by atoms with Gasteiger partial charge in [-0.3, -0.25) is 0 Å². The van der Waals surface area contributed by atoms with Crippen LogP contribution in [0.3, 0.4) is 0 Å². The lowest BCUT2D eigenvalue weighted by Gasteiger charge is -2.09. The van der Waals surface area contributed by atoms with Crippen molar-refractivity contribution in [3.63, 3.8) is 0 Å². The van der Waals surface area contributed by atoms with Crippen LogP contribution in [0.1, 0.15) is 4.88 Å². The summed E-state index contributed by atoms with van der Waals surface area (Å²) in [4.78, 5) is 10.5. The highest BCUT2D eigenvalue weighted by Gasteiger charge is 2.11. The number of hydrogen-bond donors (Lipinski definition) is 2. The monoisotopic (exact) mass is 324 g/mol. The van der Waals surface area contributed by atoms with Crippen molar-refractivity contribution in [1.82, 2.24) is 9.97 Å². The first-order valence-corrected chi connectivity index (χ1v) is 7.36. The number of fused-ring (bicyclic) bond motifs is 1. The number of nitrogens with one attached hydrogen (secondary N) is 1. The fourth-order valence-electron chi connectivity index (χ4n) is 1.87. The normalized spacial score (nSPS) is 10.9. The minimum absolute atomic E-state index is 0.229. The molecule has 3 N–H and O–H groups in total. The molecule has 0 unspecified atom stereocenters. The Balaban J connectivity index is 2.10. The van der Waals surface area contributed by atoms with Crippen molar-refractivity contribution in [3.05, 3.63) is 39.2 Å². The molecular weight excluding hydrogens is 315 g/mol. The molecule has 0 amide bonds. The zero-order chi connectivity index (χ0) is 14.3. The lowest BCUT2D eigenvalue weighted by molar-refractivity contribution is 1.24. The van der Waals surface area contributed by atoms with Crippen LogP contribution in [0.4, 0.5) is 17.5 Å². The van der Waals surface area contributed by atoms with Crippen molar-refractivity contribution < 1.29 is 0 Å². The van der Waals surface area contributed by atoms with E-state index < -0.39 is 0 Å². The third kappa shape index (κ3) is 2.52. The lowest BCUT2D eigenvalue weighted by Crippen LogP contribution is -2.00. The average molecular weight is 325 g/mol. The van der Waals surface area contributed by atoms with E-state index in [1.807, 2.05) is 13.0 Å². The molecular formula is C13H10Cl2N4S. The van der Waals surface area contributed by atoms with Gasteiger partial charge in [0.05, 0.1) is 16.1 Å². The van der Waals surface area contributed by atoms with Crippen molar-refractivity contribution in [1.29, 1.82) is 0 Å². The van der Waals surface area contributed by atoms with E-state index >= 15 is 0 Å².